The number of hydrogen-bond donors (Lipinski definition) is 2. The van der Waals surface area contributed by atoms with Gasteiger partial charge in [-0.25, -0.2) is 4.79 Å². The van der Waals surface area contributed by atoms with E-state index in [2.05, 4.69) is 10.2 Å². The fraction of sp³-hybridized carbons (Fsp3) is 0.118. The zero-order valence-electron chi connectivity index (χ0n) is 11.7. The topological polar surface area (TPSA) is 82.2 Å². The molecule has 0 radical (unpaired) electrons. The Balaban J connectivity index is 2.00. The van der Waals surface area contributed by atoms with E-state index in [4.69, 9.17) is 0 Å². The molecule has 22 heavy (non-hydrogen) atoms. The molecule has 1 atom stereocenters. The molecule has 1 unspecified atom stereocenters. The Morgan fingerprint density at radius 3 is 2.41 bits per heavy atom. The molecule has 5 heteroatoms. The maximum absolute atomic E-state index is 11.4. The van der Waals surface area contributed by atoms with Gasteiger partial charge in [0.1, 0.15) is 0 Å². The van der Waals surface area contributed by atoms with E-state index in [1.54, 1.807) is 30.3 Å². The number of carboxylic acids is 1. The smallest absolute Gasteiger partial charge is 0.340 e. The van der Waals surface area contributed by atoms with Gasteiger partial charge < -0.3 is 10.2 Å². The zero-order chi connectivity index (χ0) is 15.6. The van der Waals surface area contributed by atoms with Crippen molar-refractivity contribution >= 4 is 17.4 Å². The molecule has 1 aliphatic carbocycles. The molecule has 0 saturated carbocycles. The van der Waals surface area contributed by atoms with Gasteiger partial charge in [-0.1, -0.05) is 48.5 Å². The molecule has 0 spiro atoms. The standard InChI is InChI=1S/C17H14N2O3/c20-16(21)17(22)11-10-15(13-8-4-5-9-14(13)17)19-18-12-6-2-1-3-7-12/h1-10,22H,11H2,(H,20,21). The summed E-state index contributed by atoms with van der Waals surface area (Å²) in [6, 6.07) is 16.1. The minimum absolute atomic E-state index is 0.0392. The van der Waals surface area contributed by atoms with Crippen LogP contribution in [0.25, 0.3) is 5.70 Å². The maximum atomic E-state index is 11.4. The highest BCUT2D eigenvalue weighted by Crippen LogP contribution is 2.38. The number of aliphatic carboxylic acids is 1. The molecule has 5 nitrogen and oxygen atoms in total. The van der Waals surface area contributed by atoms with Gasteiger partial charge in [0.2, 0.25) is 0 Å². The van der Waals surface area contributed by atoms with Crippen LogP contribution in [0.1, 0.15) is 17.5 Å². The third-order valence-electron chi connectivity index (χ3n) is 3.62. The number of aliphatic hydroxyl groups is 1. The monoisotopic (exact) mass is 294 g/mol. The number of fused-ring (bicyclic) bond motifs is 1. The third-order valence-corrected chi connectivity index (χ3v) is 3.62. The summed E-state index contributed by atoms with van der Waals surface area (Å²) < 4.78 is 0. The van der Waals surface area contributed by atoms with Crippen molar-refractivity contribution in [3.8, 4) is 0 Å². The van der Waals surface area contributed by atoms with Gasteiger partial charge >= 0.3 is 5.97 Å². The van der Waals surface area contributed by atoms with Crippen molar-refractivity contribution in [1.82, 2.24) is 0 Å². The van der Waals surface area contributed by atoms with Gasteiger partial charge in [-0.2, -0.15) is 10.2 Å². The SMILES string of the molecule is O=C(O)C1(O)CC=C(N=Nc2ccccc2)c2ccccc21. The third kappa shape index (κ3) is 2.42. The summed E-state index contributed by atoms with van der Waals surface area (Å²) >= 11 is 0. The average Bonchev–Trinajstić information content (AvgIpc) is 2.55. The Kier molecular flexibility index (Phi) is 3.56. The van der Waals surface area contributed by atoms with Crippen molar-refractivity contribution in [2.45, 2.75) is 12.0 Å². The minimum Gasteiger partial charge on any atom is -0.479 e. The first-order valence-corrected chi connectivity index (χ1v) is 6.84. The van der Waals surface area contributed by atoms with Crippen LogP contribution < -0.4 is 0 Å². The van der Waals surface area contributed by atoms with Gasteiger partial charge in [0, 0.05) is 17.5 Å². The maximum Gasteiger partial charge on any atom is 0.340 e. The van der Waals surface area contributed by atoms with Crippen molar-refractivity contribution < 1.29 is 15.0 Å². The number of rotatable bonds is 3. The highest BCUT2D eigenvalue weighted by Gasteiger charge is 2.41. The largest absolute Gasteiger partial charge is 0.479 e. The van der Waals surface area contributed by atoms with E-state index in [9.17, 15) is 15.0 Å². The second kappa shape index (κ2) is 5.54. The summed E-state index contributed by atoms with van der Waals surface area (Å²) in [6.45, 7) is 0. The van der Waals surface area contributed by atoms with Crippen molar-refractivity contribution in [2.24, 2.45) is 10.2 Å². The van der Waals surface area contributed by atoms with E-state index < -0.39 is 11.6 Å². The summed E-state index contributed by atoms with van der Waals surface area (Å²) in [4.78, 5) is 11.4. The molecule has 0 fully saturated rings. The van der Waals surface area contributed by atoms with E-state index in [-0.39, 0.29) is 6.42 Å². The number of hydrogen-bond acceptors (Lipinski definition) is 4. The summed E-state index contributed by atoms with van der Waals surface area (Å²) in [6.07, 6.45) is 1.56. The van der Waals surface area contributed by atoms with Gasteiger partial charge in [0.25, 0.3) is 0 Å². The quantitative estimate of drug-likeness (QED) is 0.850. The molecule has 2 aromatic rings. The van der Waals surface area contributed by atoms with E-state index in [1.165, 1.54) is 0 Å². The normalized spacial score (nSPS) is 20.5. The van der Waals surface area contributed by atoms with Crippen LogP contribution in [0, 0.1) is 0 Å². The van der Waals surface area contributed by atoms with Gasteiger partial charge in [-0.3, -0.25) is 0 Å². The Morgan fingerprint density at radius 1 is 1.00 bits per heavy atom. The molecule has 0 bridgehead atoms. The summed E-state index contributed by atoms with van der Waals surface area (Å²) in [7, 11) is 0. The lowest BCUT2D eigenvalue weighted by Crippen LogP contribution is -2.37. The van der Waals surface area contributed by atoms with E-state index in [1.807, 2.05) is 30.3 Å². The lowest BCUT2D eigenvalue weighted by Gasteiger charge is -2.28. The van der Waals surface area contributed by atoms with Crippen molar-refractivity contribution in [3.63, 3.8) is 0 Å². The molecule has 0 amide bonds. The summed E-state index contributed by atoms with van der Waals surface area (Å²) in [5.41, 5.74) is 0.276. The predicted octanol–water partition coefficient (Wildman–Crippen LogP) is 3.49. The number of carbonyl (C=O) groups is 1. The van der Waals surface area contributed by atoms with Crippen LogP contribution in [-0.2, 0) is 10.4 Å². The Hall–Kier alpha value is -2.79. The lowest BCUT2D eigenvalue weighted by molar-refractivity contribution is -0.159. The van der Waals surface area contributed by atoms with E-state index >= 15 is 0 Å². The van der Waals surface area contributed by atoms with Crippen LogP contribution in [0.2, 0.25) is 0 Å². The minimum atomic E-state index is -1.91. The average molecular weight is 294 g/mol. The molecule has 0 saturated heterocycles. The van der Waals surface area contributed by atoms with Crippen LogP contribution >= 0.6 is 0 Å². The first-order chi connectivity index (χ1) is 10.6. The van der Waals surface area contributed by atoms with E-state index in [0.29, 0.717) is 22.5 Å². The number of carboxylic acid groups (broad SMARTS) is 1. The van der Waals surface area contributed by atoms with Crippen LogP contribution in [-0.4, -0.2) is 16.2 Å². The van der Waals surface area contributed by atoms with Crippen LogP contribution in [0.5, 0.6) is 0 Å². The highest BCUT2D eigenvalue weighted by atomic mass is 16.4. The summed E-state index contributed by atoms with van der Waals surface area (Å²) in [5.74, 6) is -1.27. The van der Waals surface area contributed by atoms with Gasteiger partial charge in [-0.15, -0.1) is 0 Å². The molecule has 0 heterocycles. The van der Waals surface area contributed by atoms with Gasteiger partial charge in [0.15, 0.2) is 5.60 Å². The van der Waals surface area contributed by atoms with Crippen LogP contribution in [0.3, 0.4) is 0 Å². The fourth-order valence-electron chi connectivity index (χ4n) is 2.43. The number of benzene rings is 2. The van der Waals surface area contributed by atoms with Gasteiger partial charge in [0.05, 0.1) is 11.4 Å². The molecule has 0 aromatic heterocycles. The number of azo groups is 1. The molecule has 2 N–H and O–H groups in total. The zero-order valence-corrected chi connectivity index (χ0v) is 11.7. The van der Waals surface area contributed by atoms with Gasteiger partial charge in [-0.05, 0) is 12.1 Å². The molecule has 3 rings (SSSR count). The van der Waals surface area contributed by atoms with E-state index in [0.717, 1.165) is 0 Å². The summed E-state index contributed by atoms with van der Waals surface area (Å²) in [5, 5.41) is 28.0. The molecule has 2 aromatic carbocycles. The first kappa shape index (κ1) is 14.2. The highest BCUT2D eigenvalue weighted by molar-refractivity contribution is 5.85. The molecular formula is C17H14N2O3. The second-order valence-corrected chi connectivity index (χ2v) is 5.04. The second-order valence-electron chi connectivity index (χ2n) is 5.04. The van der Waals surface area contributed by atoms with Crippen LogP contribution in [0.4, 0.5) is 5.69 Å². The molecule has 0 aliphatic heterocycles. The first-order valence-electron chi connectivity index (χ1n) is 6.84. The predicted molar refractivity (Wildman–Crippen MR) is 81.5 cm³/mol. The Morgan fingerprint density at radius 2 is 1.68 bits per heavy atom. The Labute approximate surface area is 127 Å². The van der Waals surface area contributed by atoms with Crippen LogP contribution in [0.15, 0.2) is 70.9 Å². The van der Waals surface area contributed by atoms with Crippen molar-refractivity contribution in [3.05, 3.63) is 71.8 Å². The molecular weight excluding hydrogens is 280 g/mol. The number of nitrogens with zero attached hydrogens (tertiary/aromatic N) is 2. The molecule has 110 valence electrons. The Bertz CT molecular complexity index is 768. The van der Waals surface area contributed by atoms with Crippen molar-refractivity contribution in [2.75, 3.05) is 0 Å². The molecule has 1 aliphatic rings. The fourth-order valence-corrected chi connectivity index (χ4v) is 2.43. The lowest BCUT2D eigenvalue weighted by atomic mass is 9.82. The van der Waals surface area contributed by atoms with Crippen molar-refractivity contribution in [1.29, 1.82) is 0 Å².